The van der Waals surface area contributed by atoms with E-state index in [1.54, 1.807) is 14.7 Å². The van der Waals surface area contributed by atoms with E-state index in [0.717, 1.165) is 41.3 Å². The van der Waals surface area contributed by atoms with Crippen molar-refractivity contribution >= 4 is 11.6 Å². The highest BCUT2D eigenvalue weighted by molar-refractivity contribution is 5.93. The van der Waals surface area contributed by atoms with Crippen molar-refractivity contribution in [3.05, 3.63) is 28.8 Å². The van der Waals surface area contributed by atoms with Gasteiger partial charge in [0.15, 0.2) is 6.54 Å². The molecular weight excluding hydrogens is 290 g/mol. The van der Waals surface area contributed by atoms with Crippen LogP contribution in [0.1, 0.15) is 16.7 Å². The van der Waals surface area contributed by atoms with Gasteiger partial charge in [-0.25, -0.2) is 0 Å². The molecule has 0 aliphatic carbocycles. The van der Waals surface area contributed by atoms with Crippen molar-refractivity contribution in [1.82, 2.24) is 0 Å². The van der Waals surface area contributed by atoms with Crippen LogP contribution in [-0.4, -0.2) is 56.9 Å². The first kappa shape index (κ1) is 15.1. The Hall–Kier alpha value is -1.47. The molecule has 4 fully saturated rings. The molecule has 0 atom stereocenters. The summed E-state index contributed by atoms with van der Waals surface area (Å²) in [5.74, 6) is 0.170. The lowest BCUT2D eigenvalue weighted by Crippen LogP contribution is -3.57. The predicted molar refractivity (Wildman–Crippen MR) is 86.5 cm³/mol. The first-order valence-electron chi connectivity index (χ1n) is 8.66. The summed E-state index contributed by atoms with van der Waals surface area (Å²) in [4.78, 5) is 17.7. The summed E-state index contributed by atoms with van der Waals surface area (Å²) in [7, 11) is 0. The van der Waals surface area contributed by atoms with Crippen LogP contribution in [0.4, 0.5) is 5.69 Å². The Labute approximate surface area is 137 Å². The monoisotopic (exact) mass is 319 g/mol. The molecule has 23 heavy (non-hydrogen) atoms. The van der Waals surface area contributed by atoms with E-state index in [4.69, 9.17) is 0 Å². The molecule has 4 aliphatic heterocycles. The molecule has 4 heterocycles. The number of carbonyl (C=O) groups is 1. The molecule has 4 bridgehead atoms. The third kappa shape index (κ3) is 2.76. The molecule has 0 saturated carbocycles. The lowest BCUT2D eigenvalue weighted by atomic mass is 10.1. The molecule has 4 N–H and O–H groups in total. The number of rotatable bonds is 3. The van der Waals surface area contributed by atoms with Crippen molar-refractivity contribution in [2.24, 2.45) is 0 Å². The molecule has 6 heteroatoms. The summed E-state index contributed by atoms with van der Waals surface area (Å²) in [5.41, 5.74) is 4.57. The molecule has 5 rings (SSSR count). The van der Waals surface area contributed by atoms with Crippen molar-refractivity contribution in [3.63, 3.8) is 0 Å². The second kappa shape index (κ2) is 5.27. The Morgan fingerprint density at radius 3 is 1.96 bits per heavy atom. The Bertz CT molecular complexity index is 598. The highest BCUT2D eigenvalue weighted by atomic mass is 16.2. The smallest absolute Gasteiger partial charge is 0.280 e. The first-order chi connectivity index (χ1) is 10.9. The number of carbonyl (C=O) groups excluding carboxylic acids is 1. The molecule has 1 aromatic rings. The molecule has 0 spiro atoms. The minimum Gasteiger partial charge on any atom is -0.321 e. The number of benzene rings is 1. The van der Waals surface area contributed by atoms with Gasteiger partial charge in [0.1, 0.15) is 0 Å². The van der Waals surface area contributed by atoms with Gasteiger partial charge in [0.05, 0.1) is 0 Å². The number of anilines is 1. The number of quaternary nitrogens is 4. The van der Waals surface area contributed by atoms with E-state index in [0.29, 0.717) is 6.54 Å². The zero-order chi connectivity index (χ0) is 16.2. The number of nitrogens with one attached hydrogen (secondary N) is 4. The van der Waals surface area contributed by atoms with E-state index in [9.17, 15) is 4.79 Å². The minimum absolute atomic E-state index is 0.170. The average molecular weight is 319 g/mol. The summed E-state index contributed by atoms with van der Waals surface area (Å²) in [6, 6.07) is 4.29. The van der Waals surface area contributed by atoms with Crippen LogP contribution in [0.25, 0.3) is 0 Å². The summed E-state index contributed by atoms with van der Waals surface area (Å²) >= 11 is 0. The van der Waals surface area contributed by atoms with E-state index >= 15 is 0 Å². The van der Waals surface area contributed by atoms with Crippen molar-refractivity contribution in [1.29, 1.82) is 0 Å². The topological polar surface area (TPSA) is 42.4 Å². The first-order valence-corrected chi connectivity index (χ1v) is 8.66. The molecule has 0 unspecified atom stereocenters. The Morgan fingerprint density at radius 2 is 1.48 bits per heavy atom. The normalized spacial score (nSPS) is 34.7. The van der Waals surface area contributed by atoms with Gasteiger partial charge in [-0.1, -0.05) is 17.7 Å². The Morgan fingerprint density at radius 1 is 1.00 bits per heavy atom. The number of nitrogens with zero attached hydrogens (tertiary/aromatic N) is 1. The fourth-order valence-corrected chi connectivity index (χ4v) is 5.20. The molecule has 0 radical (unpaired) electrons. The average Bonchev–Trinajstić information content (AvgIpc) is 2.40. The van der Waals surface area contributed by atoms with E-state index in [2.05, 4.69) is 38.2 Å². The van der Waals surface area contributed by atoms with Crippen molar-refractivity contribution < 1.29 is 24.0 Å². The fraction of sp³-hybridized carbons (Fsp3) is 0.588. The van der Waals surface area contributed by atoms with Gasteiger partial charge in [-0.15, -0.1) is 0 Å². The highest BCUT2D eigenvalue weighted by Gasteiger charge is 2.57. The van der Waals surface area contributed by atoms with Crippen LogP contribution in [0.5, 0.6) is 0 Å². The number of hydrogen-bond donors (Lipinski definition) is 4. The Kier molecular flexibility index (Phi) is 3.46. The molecule has 4 saturated heterocycles. The van der Waals surface area contributed by atoms with Crippen LogP contribution >= 0.6 is 0 Å². The minimum atomic E-state index is 0.170. The van der Waals surface area contributed by atoms with Gasteiger partial charge in [0.2, 0.25) is 40.0 Å². The van der Waals surface area contributed by atoms with Gasteiger partial charge in [0.25, 0.3) is 5.91 Å². The molecule has 1 aromatic carbocycles. The van der Waals surface area contributed by atoms with Gasteiger partial charge in [0, 0.05) is 5.69 Å². The maximum atomic E-state index is 12.7. The van der Waals surface area contributed by atoms with Crippen molar-refractivity contribution in [3.8, 4) is 0 Å². The van der Waals surface area contributed by atoms with Crippen LogP contribution in [0.15, 0.2) is 12.1 Å². The zero-order valence-electron chi connectivity index (χ0n) is 14.5. The van der Waals surface area contributed by atoms with E-state index < -0.39 is 0 Å². The van der Waals surface area contributed by atoms with Crippen LogP contribution in [0, 0.1) is 20.8 Å². The summed E-state index contributed by atoms with van der Waals surface area (Å²) in [6.45, 7) is 13.9. The Balaban J connectivity index is 1.49. The van der Waals surface area contributed by atoms with Crippen LogP contribution in [0.2, 0.25) is 0 Å². The summed E-state index contributed by atoms with van der Waals surface area (Å²) < 4.78 is 0.954. The third-order valence-electron chi connectivity index (χ3n) is 5.60. The molecule has 4 aliphatic rings. The second-order valence-corrected chi connectivity index (χ2v) is 8.08. The van der Waals surface area contributed by atoms with Crippen molar-refractivity contribution in [2.75, 3.05) is 51.9 Å². The largest absolute Gasteiger partial charge is 0.321 e. The van der Waals surface area contributed by atoms with Crippen LogP contribution < -0.4 is 20.0 Å². The van der Waals surface area contributed by atoms with Gasteiger partial charge >= 0.3 is 0 Å². The van der Waals surface area contributed by atoms with E-state index in [-0.39, 0.29) is 5.91 Å². The number of aryl methyl sites for hydroxylation is 3. The molecule has 6 nitrogen and oxygen atoms in total. The van der Waals surface area contributed by atoms with Gasteiger partial charge < -0.3 is 5.32 Å². The predicted octanol–water partition coefficient (Wildman–Crippen LogP) is -3.19. The molecular formula is C17H29N5O+4. The van der Waals surface area contributed by atoms with E-state index in [1.807, 2.05) is 0 Å². The lowest BCUT2D eigenvalue weighted by Gasteiger charge is -2.52. The van der Waals surface area contributed by atoms with Gasteiger partial charge in [-0.2, -0.15) is 19.2 Å². The maximum Gasteiger partial charge on any atom is 0.280 e. The van der Waals surface area contributed by atoms with Crippen LogP contribution in [0.3, 0.4) is 0 Å². The lowest BCUT2D eigenvalue weighted by molar-refractivity contribution is -1.43. The molecule has 1 amide bonds. The second-order valence-electron chi connectivity index (χ2n) is 8.08. The maximum absolute atomic E-state index is 12.7. The number of hydrogen-bond acceptors (Lipinski definition) is 1. The summed E-state index contributed by atoms with van der Waals surface area (Å²) in [5, 5.41) is 3.20. The summed E-state index contributed by atoms with van der Waals surface area (Å²) in [6.07, 6.45) is 0. The molecule has 0 aromatic heterocycles. The van der Waals surface area contributed by atoms with Crippen molar-refractivity contribution in [2.45, 2.75) is 20.8 Å². The fourth-order valence-electron chi connectivity index (χ4n) is 5.20. The van der Waals surface area contributed by atoms with E-state index in [1.165, 1.54) is 25.6 Å². The zero-order valence-corrected chi connectivity index (χ0v) is 14.5. The van der Waals surface area contributed by atoms with Gasteiger partial charge in [-0.05, 0) is 31.9 Å². The van der Waals surface area contributed by atoms with Gasteiger partial charge in [-0.3, -0.25) is 4.79 Å². The molecule has 124 valence electrons. The third-order valence-corrected chi connectivity index (χ3v) is 5.60. The SMILES string of the molecule is Cc1cc(C)c(NC(=O)C[N+]23C[NH+]4C[NH+](C[NH+](C4)C2)C3)c(C)c1. The highest BCUT2D eigenvalue weighted by Crippen LogP contribution is 2.22. The van der Waals surface area contributed by atoms with Crippen LogP contribution in [-0.2, 0) is 4.79 Å². The number of amides is 1. The quantitative estimate of drug-likeness (QED) is 0.436. The standard InChI is InChI=1S/C17H25N5O/c1-13-4-14(2)17(15(3)5-13)18-16(23)6-22-10-19-7-20(11-22)9-21(8-19)12-22/h4-5H,6-12H2,1-3H3/p+4.